The third-order valence-corrected chi connectivity index (χ3v) is 3.37. The molecule has 0 aliphatic carbocycles. The minimum Gasteiger partial charge on any atom is -0.508 e. The van der Waals surface area contributed by atoms with Gasteiger partial charge in [0, 0.05) is 0 Å². The highest BCUT2D eigenvalue weighted by Crippen LogP contribution is 2.40. The lowest BCUT2D eigenvalue weighted by Gasteiger charge is -2.16. The molecular formula is C9H9O5P. The standard InChI is InChI=1S/C9H9O5P/c1-9(8(11)12,15(13)14)6-3-2-4-7(10)5-6/h2-5,10H,1H3,(H,11,12). The Morgan fingerprint density at radius 3 is 2.40 bits per heavy atom. The van der Waals surface area contributed by atoms with Crippen LogP contribution in [0.3, 0.4) is 0 Å². The molecule has 0 amide bonds. The lowest BCUT2D eigenvalue weighted by atomic mass is 10.0. The topological polar surface area (TPSA) is 91.7 Å². The normalized spacial score (nSPS) is 14.2. The second kappa shape index (κ2) is 3.87. The molecule has 0 aliphatic heterocycles. The van der Waals surface area contributed by atoms with Gasteiger partial charge in [-0.1, -0.05) is 12.1 Å². The number of aliphatic carboxylic acids is 1. The summed E-state index contributed by atoms with van der Waals surface area (Å²) in [6.45, 7) is 1.08. The van der Waals surface area contributed by atoms with Crippen molar-refractivity contribution in [2.45, 2.75) is 12.1 Å². The van der Waals surface area contributed by atoms with Crippen molar-refractivity contribution in [1.82, 2.24) is 0 Å². The van der Waals surface area contributed by atoms with Gasteiger partial charge in [-0.2, -0.15) is 0 Å². The van der Waals surface area contributed by atoms with E-state index in [4.69, 9.17) is 10.2 Å². The van der Waals surface area contributed by atoms with Crippen LogP contribution in [0, 0.1) is 0 Å². The van der Waals surface area contributed by atoms with Crippen LogP contribution < -0.4 is 0 Å². The molecule has 0 saturated heterocycles. The minimum atomic E-state index is -3.18. The summed E-state index contributed by atoms with van der Waals surface area (Å²) in [5.74, 6) is -1.64. The molecule has 5 nitrogen and oxygen atoms in total. The van der Waals surface area contributed by atoms with Gasteiger partial charge < -0.3 is 10.2 Å². The maximum absolute atomic E-state index is 10.9. The molecule has 0 bridgehead atoms. The predicted molar refractivity (Wildman–Crippen MR) is 51.4 cm³/mol. The van der Waals surface area contributed by atoms with Crippen LogP contribution in [0.4, 0.5) is 0 Å². The second-order valence-corrected chi connectivity index (χ2v) is 4.59. The summed E-state index contributed by atoms with van der Waals surface area (Å²) in [5.41, 5.74) is 0.0334. The molecule has 80 valence electrons. The largest absolute Gasteiger partial charge is 0.508 e. The SMILES string of the molecule is CC(C(=O)O)(c1cccc(O)c1)P(=O)=O. The predicted octanol–water partition coefficient (Wildman–Crippen LogP) is 1.86. The van der Waals surface area contributed by atoms with Gasteiger partial charge in [-0.15, -0.1) is 0 Å². The molecule has 0 saturated carbocycles. The maximum Gasteiger partial charge on any atom is 0.337 e. The van der Waals surface area contributed by atoms with Crippen LogP contribution in [-0.2, 0) is 19.1 Å². The molecule has 1 rings (SSSR count). The first-order chi connectivity index (χ1) is 6.89. The zero-order valence-corrected chi connectivity index (χ0v) is 8.77. The van der Waals surface area contributed by atoms with E-state index in [1.807, 2.05) is 0 Å². The fourth-order valence-electron chi connectivity index (χ4n) is 1.12. The molecule has 15 heavy (non-hydrogen) atoms. The number of hydrogen-bond acceptors (Lipinski definition) is 4. The van der Waals surface area contributed by atoms with Crippen LogP contribution >= 0.6 is 7.68 Å². The van der Waals surface area contributed by atoms with Crippen molar-refractivity contribution in [2.24, 2.45) is 0 Å². The number of hydrogen-bond donors (Lipinski definition) is 2. The minimum absolute atomic E-state index is 0.0334. The maximum atomic E-state index is 10.9. The molecule has 0 radical (unpaired) electrons. The molecule has 0 spiro atoms. The highest BCUT2D eigenvalue weighted by Gasteiger charge is 2.42. The Bertz CT molecular complexity index is 457. The number of phenols is 1. The summed E-state index contributed by atoms with van der Waals surface area (Å²) in [6.07, 6.45) is 0. The molecule has 1 atom stereocenters. The zero-order valence-electron chi connectivity index (χ0n) is 7.88. The fourth-order valence-corrected chi connectivity index (χ4v) is 1.62. The first kappa shape index (κ1) is 11.5. The Hall–Kier alpha value is -1.61. The summed E-state index contributed by atoms with van der Waals surface area (Å²) in [6, 6.07) is 5.20. The molecule has 2 N–H and O–H groups in total. The average Bonchev–Trinajstić information content (AvgIpc) is 2.15. The van der Waals surface area contributed by atoms with Gasteiger partial charge in [0.15, 0.2) is 5.16 Å². The number of carbonyl (C=O) groups is 1. The summed E-state index contributed by atoms with van der Waals surface area (Å²) in [5, 5.41) is 16.0. The highest BCUT2D eigenvalue weighted by molar-refractivity contribution is 7.34. The molecule has 0 fully saturated rings. The van der Waals surface area contributed by atoms with Crippen LogP contribution in [0.2, 0.25) is 0 Å². The van der Waals surface area contributed by atoms with Gasteiger partial charge in [-0.3, -0.25) is 4.79 Å². The number of carboxylic acids is 1. The van der Waals surface area contributed by atoms with Gasteiger partial charge in [0.2, 0.25) is 0 Å². The zero-order chi connectivity index (χ0) is 11.6. The third kappa shape index (κ3) is 1.92. The number of phenolic OH excluding ortho intramolecular Hbond substituents is 1. The molecule has 1 aromatic rings. The molecule has 6 heteroatoms. The summed E-state index contributed by atoms with van der Waals surface area (Å²) < 4.78 is 21.9. The first-order valence-corrected chi connectivity index (χ1v) is 5.24. The van der Waals surface area contributed by atoms with Crippen molar-refractivity contribution in [3.05, 3.63) is 29.8 Å². The lowest BCUT2D eigenvalue weighted by molar-refractivity contribution is -0.139. The van der Waals surface area contributed by atoms with Gasteiger partial charge in [0.25, 0.3) is 0 Å². The van der Waals surface area contributed by atoms with Crippen LogP contribution in [0.15, 0.2) is 24.3 Å². The van der Waals surface area contributed by atoms with E-state index in [0.717, 1.165) is 13.0 Å². The summed E-state index contributed by atoms with van der Waals surface area (Å²) in [4.78, 5) is 10.9. The Kier molecular flexibility index (Phi) is 2.95. The van der Waals surface area contributed by atoms with E-state index in [1.54, 1.807) is 0 Å². The average molecular weight is 228 g/mol. The van der Waals surface area contributed by atoms with E-state index in [1.165, 1.54) is 18.2 Å². The van der Waals surface area contributed by atoms with E-state index in [2.05, 4.69) is 0 Å². The van der Waals surface area contributed by atoms with Crippen LogP contribution in [-0.4, -0.2) is 16.2 Å². The van der Waals surface area contributed by atoms with Crippen molar-refractivity contribution in [1.29, 1.82) is 0 Å². The van der Waals surface area contributed by atoms with E-state index in [-0.39, 0.29) is 11.3 Å². The molecule has 0 aromatic heterocycles. The van der Waals surface area contributed by atoms with Gasteiger partial charge in [-0.25, -0.2) is 9.13 Å². The molecule has 0 aliphatic rings. The van der Waals surface area contributed by atoms with Crippen LogP contribution in [0.25, 0.3) is 0 Å². The fraction of sp³-hybridized carbons (Fsp3) is 0.222. The Morgan fingerprint density at radius 1 is 1.40 bits per heavy atom. The van der Waals surface area contributed by atoms with E-state index < -0.39 is 18.8 Å². The summed E-state index contributed by atoms with van der Waals surface area (Å²) >= 11 is 0. The molecule has 1 aromatic carbocycles. The van der Waals surface area contributed by atoms with Crippen molar-refractivity contribution < 1.29 is 24.1 Å². The van der Waals surface area contributed by atoms with Gasteiger partial charge in [0.05, 0.1) is 0 Å². The Labute approximate surface area is 86.2 Å². The van der Waals surface area contributed by atoms with E-state index >= 15 is 0 Å². The third-order valence-electron chi connectivity index (χ3n) is 2.19. The number of rotatable bonds is 3. The number of aromatic hydroxyl groups is 1. The Morgan fingerprint density at radius 2 is 2.00 bits per heavy atom. The highest BCUT2D eigenvalue weighted by atomic mass is 31.1. The van der Waals surface area contributed by atoms with Crippen molar-refractivity contribution in [3.63, 3.8) is 0 Å². The van der Waals surface area contributed by atoms with Crippen LogP contribution in [0.1, 0.15) is 12.5 Å². The molecular weight excluding hydrogens is 219 g/mol. The molecule has 0 heterocycles. The van der Waals surface area contributed by atoms with Gasteiger partial charge >= 0.3 is 13.6 Å². The number of benzene rings is 1. The van der Waals surface area contributed by atoms with Crippen molar-refractivity contribution in [2.75, 3.05) is 0 Å². The van der Waals surface area contributed by atoms with Crippen molar-refractivity contribution in [3.8, 4) is 5.75 Å². The quantitative estimate of drug-likeness (QED) is 0.770. The lowest BCUT2D eigenvalue weighted by Crippen LogP contribution is -2.26. The van der Waals surface area contributed by atoms with Crippen LogP contribution in [0.5, 0.6) is 5.75 Å². The van der Waals surface area contributed by atoms with Gasteiger partial charge in [0.1, 0.15) is 5.75 Å². The molecule has 1 unspecified atom stereocenters. The smallest absolute Gasteiger partial charge is 0.337 e. The van der Waals surface area contributed by atoms with Crippen molar-refractivity contribution >= 4 is 13.6 Å². The monoisotopic (exact) mass is 228 g/mol. The Balaban J connectivity index is 3.41. The number of carboxylic acid groups (broad SMARTS) is 1. The van der Waals surface area contributed by atoms with Gasteiger partial charge in [-0.05, 0) is 24.6 Å². The first-order valence-electron chi connectivity index (χ1n) is 4.06. The summed E-state index contributed by atoms with van der Waals surface area (Å²) in [7, 11) is -3.18. The van der Waals surface area contributed by atoms with E-state index in [0.29, 0.717) is 0 Å². The van der Waals surface area contributed by atoms with E-state index in [9.17, 15) is 13.9 Å². The second-order valence-electron chi connectivity index (χ2n) is 3.18.